The minimum Gasteiger partial charge on any atom is -0.490 e. The molecule has 10 amide bonds. The maximum Gasteiger partial charge on any atom is 0.262 e. The fraction of sp³-hybridized carbons (Fsp3) is 0.307. The molecule has 0 bridgehead atoms. The molecule has 25 nitrogen and oxygen atoms in total. The Kier molecular flexibility index (Phi) is 15.3. The lowest BCUT2D eigenvalue weighted by Gasteiger charge is -2.55. The van der Waals surface area contributed by atoms with Crippen molar-refractivity contribution in [1.82, 2.24) is 40.0 Å². The Labute approximate surface area is 572 Å². The van der Waals surface area contributed by atoms with Gasteiger partial charge in [-0.25, -0.2) is 0 Å². The molecule has 500 valence electrons. The maximum absolute atomic E-state index is 14.6. The zero-order chi connectivity index (χ0) is 69.8. The molecule has 25 heteroatoms. The van der Waals surface area contributed by atoms with Gasteiger partial charge in [0.1, 0.15) is 41.1 Å². The van der Waals surface area contributed by atoms with Gasteiger partial charge in [0.15, 0.2) is 0 Å². The van der Waals surface area contributed by atoms with Crippen LogP contribution in [0.2, 0.25) is 0 Å². The maximum atomic E-state index is 14.6. The van der Waals surface area contributed by atoms with Crippen LogP contribution in [0, 0.1) is 45.8 Å². The fourth-order valence-corrected chi connectivity index (χ4v) is 14.6. The zero-order valence-corrected chi connectivity index (χ0v) is 54.8. The Hall–Kier alpha value is -12.3. The highest BCUT2D eigenvalue weighted by molar-refractivity contribution is 6.25. The minimum atomic E-state index is -1.25. The monoisotopic (exact) mass is 1340 g/mol. The number of nitriles is 2. The Morgan fingerprint density at radius 2 is 1.19 bits per heavy atom. The topological polar surface area (TPSA) is 324 Å². The van der Waals surface area contributed by atoms with Crippen molar-refractivity contribution in [3.63, 3.8) is 0 Å². The average molecular weight is 1340 g/mol. The van der Waals surface area contributed by atoms with Crippen LogP contribution < -0.4 is 35.8 Å². The number of rotatable bonds is 13. The number of amides is 10. The molecule has 1 aliphatic carbocycles. The molecule has 2 atom stereocenters. The lowest BCUT2D eigenvalue weighted by molar-refractivity contribution is -0.137. The smallest absolute Gasteiger partial charge is 0.262 e. The van der Waals surface area contributed by atoms with Crippen molar-refractivity contribution in [2.75, 3.05) is 46.6 Å². The molecule has 7 aliphatic rings. The van der Waals surface area contributed by atoms with E-state index < -0.39 is 76.3 Å². The van der Waals surface area contributed by atoms with Crippen LogP contribution in [0.4, 0.5) is 22.7 Å². The SMILES string of the molecule is CC(C)(C(=O)Nc1ccc(C#N)c2ccc(-c3cc(NC(=O)C(C)(C)n4cc(C#CC5CC(Oc6ccc7c(c6)C(=O)N(C6CCC(=O)NC6=O)C7=O)C5)cn4)c4ccccc4c3C#N)cc12)n1cc(N2CCC3(CC2)CN(c2ccc4c(c2)C(=O)N(C2CCC(=O)NC2=O)C4=O)C3)cn1. The fourth-order valence-electron chi connectivity index (χ4n) is 14.6. The third-order valence-corrected chi connectivity index (χ3v) is 20.8. The first kappa shape index (κ1) is 63.7. The van der Waals surface area contributed by atoms with Gasteiger partial charge < -0.3 is 25.2 Å². The van der Waals surface area contributed by atoms with Gasteiger partial charge in [0.2, 0.25) is 23.6 Å². The number of anilines is 4. The molecule has 1 spiro atoms. The molecule has 6 aliphatic heterocycles. The lowest BCUT2D eigenvalue weighted by atomic mass is 9.71. The predicted molar refractivity (Wildman–Crippen MR) is 363 cm³/mol. The van der Waals surface area contributed by atoms with E-state index in [0.29, 0.717) is 79.3 Å². The second-order valence-corrected chi connectivity index (χ2v) is 27.7. The molecular weight excluding hydrogens is 1270 g/mol. The lowest BCUT2D eigenvalue weighted by Crippen LogP contribution is -2.60. The Bertz CT molecular complexity index is 5130. The van der Waals surface area contributed by atoms with Crippen LogP contribution >= 0.6 is 0 Å². The van der Waals surface area contributed by atoms with Gasteiger partial charge in [0.05, 0.1) is 63.1 Å². The molecular formula is C75H64N14O11. The first-order valence-electron chi connectivity index (χ1n) is 33.1. The molecule has 8 heterocycles. The Morgan fingerprint density at radius 3 is 1.83 bits per heavy atom. The van der Waals surface area contributed by atoms with E-state index in [9.17, 15) is 58.5 Å². The molecule has 2 aromatic heterocycles. The van der Waals surface area contributed by atoms with Crippen LogP contribution in [0.1, 0.15) is 137 Å². The van der Waals surface area contributed by atoms with Crippen molar-refractivity contribution in [2.45, 2.75) is 108 Å². The number of imide groups is 4. The highest BCUT2D eigenvalue weighted by Gasteiger charge is 2.49. The number of carbonyl (C=O) groups is 10. The van der Waals surface area contributed by atoms with Crippen molar-refractivity contribution in [3.8, 4) is 40.9 Å². The van der Waals surface area contributed by atoms with Crippen molar-refractivity contribution in [3.05, 3.63) is 161 Å². The number of ether oxygens (including phenoxy) is 1. The third kappa shape index (κ3) is 10.9. The van der Waals surface area contributed by atoms with E-state index in [1.165, 1.54) is 12.1 Å². The molecule has 2 unspecified atom stereocenters. The highest BCUT2D eigenvalue weighted by Crippen LogP contribution is 2.46. The van der Waals surface area contributed by atoms with Gasteiger partial charge in [-0.05, 0) is 132 Å². The van der Waals surface area contributed by atoms with Crippen molar-refractivity contribution < 1.29 is 52.7 Å². The van der Waals surface area contributed by atoms with Gasteiger partial charge in [0, 0.05) is 107 Å². The van der Waals surface area contributed by atoms with E-state index in [-0.39, 0.29) is 71.3 Å². The van der Waals surface area contributed by atoms with Gasteiger partial charge >= 0.3 is 0 Å². The first-order chi connectivity index (χ1) is 48.0. The summed E-state index contributed by atoms with van der Waals surface area (Å²) in [5.74, 6) is 1.55. The van der Waals surface area contributed by atoms with Crippen LogP contribution in [-0.4, -0.2) is 133 Å². The molecule has 1 saturated carbocycles. The number of carbonyl (C=O) groups excluding carboxylic acids is 10. The molecule has 4 N–H and O–H groups in total. The standard InChI is InChI=1S/C75H64N14O11/c1-73(2,86-37-42(35-78-86)10-9-41-27-48(28-41)100-47-14-17-53-57(31-47)70(97)89(68(53)95)62-20-22-64(91)83-66(62)93)72(99)81-60-32-54(58(34-77)50-7-5-6-8-51(50)60)43-11-15-49-44(33-76)12-18-59(55(49)29-43)80-71(98)74(3,4)87-38-46(36-79-87)84-25-23-75(24-26-84)39-85(40-75)45-13-16-52-56(30-45)69(96)88(67(52)94)61-19-21-63(90)82-65(61)92/h5-8,11-18,29-32,35-38,41,48,61-62H,19-28,39-40H2,1-4H3,(H,80,98)(H,81,99)(H,82,90,92)(H,83,91,93). The molecule has 0 radical (unpaired) electrons. The van der Waals surface area contributed by atoms with E-state index in [0.717, 1.165) is 60.2 Å². The third-order valence-electron chi connectivity index (χ3n) is 20.8. The molecule has 15 rings (SSSR count). The largest absolute Gasteiger partial charge is 0.490 e. The van der Waals surface area contributed by atoms with Crippen molar-refractivity contribution >= 4 is 103 Å². The zero-order valence-electron chi connectivity index (χ0n) is 54.8. The summed E-state index contributed by atoms with van der Waals surface area (Å²) in [6, 6.07) is 30.2. The summed E-state index contributed by atoms with van der Waals surface area (Å²) in [7, 11) is 0. The summed E-state index contributed by atoms with van der Waals surface area (Å²) in [5, 5.41) is 43.5. The van der Waals surface area contributed by atoms with Gasteiger partial charge in [-0.2, -0.15) is 20.7 Å². The van der Waals surface area contributed by atoms with E-state index in [4.69, 9.17) is 9.84 Å². The number of nitrogens with one attached hydrogen (secondary N) is 4. The number of fused-ring (bicyclic) bond motifs is 4. The van der Waals surface area contributed by atoms with E-state index >= 15 is 0 Å². The van der Waals surface area contributed by atoms with Crippen LogP contribution in [0.3, 0.4) is 0 Å². The summed E-state index contributed by atoms with van der Waals surface area (Å²) in [6.07, 6.45) is 9.87. The molecule has 8 aromatic rings. The first-order valence-corrected chi connectivity index (χ1v) is 33.1. The normalized spacial score (nSPS) is 20.2. The second kappa shape index (κ2) is 24.1. The quantitative estimate of drug-likeness (QED) is 0.0635. The number of piperidine rings is 3. The van der Waals surface area contributed by atoms with Crippen molar-refractivity contribution in [1.29, 1.82) is 10.5 Å². The van der Waals surface area contributed by atoms with Gasteiger partial charge in [-0.15, -0.1) is 0 Å². The summed E-state index contributed by atoms with van der Waals surface area (Å²) in [5.41, 5.74) is 3.24. The minimum absolute atomic E-state index is 0.0179. The average Bonchev–Trinajstić information content (AvgIpc) is 1.25. The summed E-state index contributed by atoms with van der Waals surface area (Å²) >= 11 is 0. The molecule has 4 saturated heterocycles. The Morgan fingerprint density at radius 1 is 0.590 bits per heavy atom. The Balaban J connectivity index is 0.591. The predicted octanol–water partition coefficient (Wildman–Crippen LogP) is 7.66. The van der Waals surface area contributed by atoms with E-state index in [1.54, 1.807) is 98.1 Å². The summed E-state index contributed by atoms with van der Waals surface area (Å²) in [4.78, 5) is 138. The number of hydrogen-bond acceptors (Lipinski definition) is 17. The van der Waals surface area contributed by atoms with Crippen LogP contribution in [0.25, 0.3) is 32.7 Å². The summed E-state index contributed by atoms with van der Waals surface area (Å²) < 4.78 is 9.35. The van der Waals surface area contributed by atoms with Crippen LogP contribution in [-0.2, 0) is 39.8 Å². The second-order valence-electron chi connectivity index (χ2n) is 27.7. The van der Waals surface area contributed by atoms with Gasteiger partial charge in [-0.3, -0.25) is 77.7 Å². The van der Waals surface area contributed by atoms with E-state index in [1.807, 2.05) is 48.7 Å². The van der Waals surface area contributed by atoms with Crippen LogP contribution in [0.15, 0.2) is 122 Å². The number of nitrogens with zero attached hydrogens (tertiary/aromatic N) is 10. The number of hydrogen-bond donors (Lipinski definition) is 4. The number of benzene rings is 6. The van der Waals surface area contributed by atoms with Gasteiger partial charge in [0.25, 0.3) is 35.4 Å². The highest BCUT2D eigenvalue weighted by atomic mass is 16.5. The summed E-state index contributed by atoms with van der Waals surface area (Å²) in [6.45, 7) is 10.0. The van der Waals surface area contributed by atoms with Crippen molar-refractivity contribution in [2.24, 2.45) is 11.3 Å². The number of aromatic nitrogens is 4. The van der Waals surface area contributed by atoms with E-state index in [2.05, 4.69) is 60.1 Å². The molecule has 5 fully saturated rings. The van der Waals surface area contributed by atoms with Gasteiger partial charge in [-0.1, -0.05) is 48.2 Å². The molecule has 6 aromatic carbocycles. The molecule has 100 heavy (non-hydrogen) atoms. The van der Waals surface area contributed by atoms with Crippen LogP contribution in [0.5, 0.6) is 5.75 Å².